The van der Waals surface area contributed by atoms with Crippen LogP contribution in [0, 0.1) is 0 Å². The van der Waals surface area contributed by atoms with Crippen molar-refractivity contribution in [3.63, 3.8) is 0 Å². The number of carbonyl (C=O) groups excluding carboxylic acids is 1. The number of nitrogens with zero attached hydrogens (tertiary/aromatic N) is 1. The van der Waals surface area contributed by atoms with Crippen LogP contribution in [0.25, 0.3) is 6.08 Å². The maximum atomic E-state index is 12.3. The summed E-state index contributed by atoms with van der Waals surface area (Å²) in [6.45, 7) is 0.518. The highest BCUT2D eigenvalue weighted by atomic mass is 35.5. The quantitative estimate of drug-likeness (QED) is 0.317. The molecule has 0 aliphatic carbocycles. The van der Waals surface area contributed by atoms with Crippen molar-refractivity contribution in [2.24, 2.45) is 4.99 Å². The number of aliphatic imine (C=N–C) groups is 1. The maximum absolute atomic E-state index is 12.3. The van der Waals surface area contributed by atoms with Crippen molar-refractivity contribution in [3.05, 3.63) is 99.2 Å². The first-order valence-corrected chi connectivity index (χ1v) is 10.6. The number of benzene rings is 3. The molecule has 162 valence electrons. The number of cyclic esters (lactones) is 1. The number of esters is 1. The smallest absolute Gasteiger partial charge is 0.363 e. The van der Waals surface area contributed by atoms with Crippen LogP contribution in [0.5, 0.6) is 11.5 Å². The second-order valence-electron chi connectivity index (χ2n) is 6.96. The number of hydrogen-bond donors (Lipinski definition) is 0. The first-order valence-electron chi connectivity index (χ1n) is 9.86. The normalized spacial score (nSPS) is 14.3. The molecule has 0 radical (unpaired) electrons. The number of ether oxygens (including phenoxy) is 3. The zero-order chi connectivity index (χ0) is 22.5. The first-order chi connectivity index (χ1) is 15.5. The van der Waals surface area contributed by atoms with E-state index in [1.165, 1.54) is 5.56 Å². The molecule has 0 N–H and O–H groups in total. The second-order valence-corrected chi connectivity index (χ2v) is 7.77. The molecule has 0 fully saturated rings. The van der Waals surface area contributed by atoms with Crippen molar-refractivity contribution in [3.8, 4) is 11.5 Å². The lowest BCUT2D eigenvalue weighted by molar-refractivity contribution is -0.129. The summed E-state index contributed by atoms with van der Waals surface area (Å²) in [4.78, 5) is 16.6. The predicted molar refractivity (Wildman–Crippen MR) is 126 cm³/mol. The van der Waals surface area contributed by atoms with Crippen molar-refractivity contribution in [1.29, 1.82) is 0 Å². The zero-order valence-corrected chi connectivity index (χ0v) is 18.7. The summed E-state index contributed by atoms with van der Waals surface area (Å²) in [5, 5.41) is 0.766. The van der Waals surface area contributed by atoms with Gasteiger partial charge in [0, 0.05) is 12.0 Å². The number of halogens is 2. The first kappa shape index (κ1) is 21.9. The summed E-state index contributed by atoms with van der Waals surface area (Å²) in [7, 11) is 1.57. The van der Waals surface area contributed by atoms with Gasteiger partial charge < -0.3 is 14.2 Å². The Kier molecular flexibility index (Phi) is 6.78. The number of methoxy groups -OCH3 is 1. The Morgan fingerprint density at radius 3 is 2.53 bits per heavy atom. The molecule has 0 saturated heterocycles. The van der Waals surface area contributed by atoms with Gasteiger partial charge in [0.25, 0.3) is 0 Å². The van der Waals surface area contributed by atoms with Crippen molar-refractivity contribution in [2.45, 2.75) is 6.42 Å². The highest BCUT2D eigenvalue weighted by Crippen LogP contribution is 2.30. The van der Waals surface area contributed by atoms with Crippen LogP contribution < -0.4 is 9.47 Å². The Morgan fingerprint density at radius 1 is 0.969 bits per heavy atom. The van der Waals surface area contributed by atoms with Gasteiger partial charge in [-0.25, -0.2) is 9.79 Å². The molecule has 1 heterocycles. The molecule has 5 nitrogen and oxygen atoms in total. The summed E-state index contributed by atoms with van der Waals surface area (Å²) >= 11 is 12.0. The Labute approximate surface area is 195 Å². The average Bonchev–Trinajstić information content (AvgIpc) is 3.17. The highest BCUT2D eigenvalue weighted by Gasteiger charge is 2.24. The van der Waals surface area contributed by atoms with Crippen molar-refractivity contribution in [2.75, 3.05) is 13.7 Å². The average molecular weight is 468 g/mol. The van der Waals surface area contributed by atoms with E-state index < -0.39 is 5.97 Å². The van der Waals surface area contributed by atoms with Crippen LogP contribution in [0.3, 0.4) is 0 Å². The standard InChI is InChI=1S/C25H19Cl2NO4/c1-30-23-14-17(7-10-22(23)31-12-11-16-5-3-2-4-6-16)13-21-25(29)32-24(28-21)18-8-9-19(26)20(27)15-18/h2-10,13-15H,11-12H2,1H3/b21-13-. The lowest BCUT2D eigenvalue weighted by Gasteiger charge is -2.11. The number of rotatable bonds is 7. The van der Waals surface area contributed by atoms with E-state index in [0.717, 1.165) is 12.0 Å². The summed E-state index contributed by atoms with van der Waals surface area (Å²) in [5.74, 6) is 0.813. The fourth-order valence-corrected chi connectivity index (χ4v) is 3.43. The van der Waals surface area contributed by atoms with Crippen LogP contribution in [-0.4, -0.2) is 25.6 Å². The molecular weight excluding hydrogens is 449 g/mol. The highest BCUT2D eigenvalue weighted by molar-refractivity contribution is 6.42. The fraction of sp³-hybridized carbons (Fsp3) is 0.120. The minimum atomic E-state index is -0.548. The summed E-state index contributed by atoms with van der Waals surface area (Å²) in [6, 6.07) is 20.4. The van der Waals surface area contributed by atoms with E-state index in [9.17, 15) is 4.79 Å². The number of carbonyl (C=O) groups is 1. The third-order valence-corrected chi connectivity index (χ3v) is 5.51. The monoisotopic (exact) mass is 467 g/mol. The zero-order valence-electron chi connectivity index (χ0n) is 17.2. The second kappa shape index (κ2) is 9.90. The molecule has 0 spiro atoms. The summed E-state index contributed by atoms with van der Waals surface area (Å²) < 4.78 is 16.6. The third-order valence-electron chi connectivity index (χ3n) is 4.77. The van der Waals surface area contributed by atoms with E-state index in [2.05, 4.69) is 17.1 Å². The van der Waals surface area contributed by atoms with Gasteiger partial charge in [-0.3, -0.25) is 0 Å². The van der Waals surface area contributed by atoms with Gasteiger partial charge in [0.05, 0.1) is 23.8 Å². The van der Waals surface area contributed by atoms with Crippen molar-refractivity contribution >= 4 is 41.1 Å². The van der Waals surface area contributed by atoms with Gasteiger partial charge in [0.2, 0.25) is 5.90 Å². The molecule has 0 atom stereocenters. The molecule has 3 aromatic rings. The van der Waals surface area contributed by atoms with E-state index in [1.54, 1.807) is 43.5 Å². The van der Waals surface area contributed by atoms with E-state index in [0.29, 0.717) is 33.7 Å². The maximum Gasteiger partial charge on any atom is 0.363 e. The summed E-state index contributed by atoms with van der Waals surface area (Å²) in [5.41, 5.74) is 2.66. The van der Waals surface area contributed by atoms with E-state index in [4.69, 9.17) is 37.4 Å². The SMILES string of the molecule is COc1cc(/C=C2\N=C(c3ccc(Cl)c(Cl)c3)OC2=O)ccc1OCCc1ccccc1. The Balaban J connectivity index is 1.50. The minimum Gasteiger partial charge on any atom is -0.493 e. The molecule has 1 aliphatic heterocycles. The van der Waals surface area contributed by atoms with Gasteiger partial charge in [-0.1, -0.05) is 59.6 Å². The van der Waals surface area contributed by atoms with Crippen LogP contribution in [-0.2, 0) is 16.0 Å². The van der Waals surface area contributed by atoms with Gasteiger partial charge in [-0.2, -0.15) is 0 Å². The van der Waals surface area contributed by atoms with E-state index in [1.807, 2.05) is 24.3 Å². The lowest BCUT2D eigenvalue weighted by Crippen LogP contribution is -2.05. The van der Waals surface area contributed by atoms with Gasteiger partial charge in [-0.15, -0.1) is 0 Å². The molecule has 7 heteroatoms. The lowest BCUT2D eigenvalue weighted by atomic mass is 10.1. The molecule has 4 rings (SSSR count). The molecule has 3 aromatic carbocycles. The van der Waals surface area contributed by atoms with E-state index >= 15 is 0 Å². The molecular formula is C25H19Cl2NO4. The summed E-state index contributed by atoms with van der Waals surface area (Å²) in [6.07, 6.45) is 2.41. The topological polar surface area (TPSA) is 57.1 Å². The van der Waals surface area contributed by atoms with Crippen LogP contribution in [0.2, 0.25) is 10.0 Å². The van der Waals surface area contributed by atoms with Crippen LogP contribution in [0.1, 0.15) is 16.7 Å². The molecule has 0 unspecified atom stereocenters. The third kappa shape index (κ3) is 5.13. The minimum absolute atomic E-state index is 0.172. The van der Waals surface area contributed by atoms with Crippen LogP contribution in [0.15, 0.2) is 77.4 Å². The Hall–Kier alpha value is -3.28. The van der Waals surface area contributed by atoms with Gasteiger partial charge in [0.15, 0.2) is 17.2 Å². The fourth-order valence-electron chi connectivity index (χ4n) is 3.14. The molecule has 0 amide bonds. The molecule has 0 bridgehead atoms. The Morgan fingerprint density at radius 2 is 1.78 bits per heavy atom. The molecule has 1 aliphatic rings. The van der Waals surface area contributed by atoms with Gasteiger partial charge >= 0.3 is 5.97 Å². The Bertz CT molecular complexity index is 1210. The van der Waals surface area contributed by atoms with Crippen molar-refractivity contribution in [1.82, 2.24) is 0 Å². The predicted octanol–water partition coefficient (Wildman–Crippen LogP) is 5.97. The van der Waals surface area contributed by atoms with Gasteiger partial charge in [0.1, 0.15) is 0 Å². The van der Waals surface area contributed by atoms with Crippen molar-refractivity contribution < 1.29 is 19.0 Å². The molecule has 0 saturated carbocycles. The molecule has 32 heavy (non-hydrogen) atoms. The largest absolute Gasteiger partial charge is 0.493 e. The van der Waals surface area contributed by atoms with Gasteiger partial charge in [-0.05, 0) is 47.5 Å². The number of hydrogen-bond acceptors (Lipinski definition) is 5. The van der Waals surface area contributed by atoms with Crippen LogP contribution in [0.4, 0.5) is 0 Å². The molecule has 0 aromatic heterocycles. The van der Waals surface area contributed by atoms with E-state index in [-0.39, 0.29) is 11.6 Å². The van der Waals surface area contributed by atoms with Crippen LogP contribution >= 0.6 is 23.2 Å².